The van der Waals surface area contributed by atoms with Crippen molar-refractivity contribution in [1.82, 2.24) is 9.55 Å². The van der Waals surface area contributed by atoms with Gasteiger partial charge in [-0.2, -0.15) is 0 Å². The van der Waals surface area contributed by atoms with E-state index in [-0.39, 0.29) is 5.38 Å². The van der Waals surface area contributed by atoms with E-state index in [0.717, 1.165) is 17.3 Å². The molecule has 2 nitrogen and oxygen atoms in total. The van der Waals surface area contributed by atoms with Gasteiger partial charge in [0.1, 0.15) is 5.82 Å². The van der Waals surface area contributed by atoms with Gasteiger partial charge in [0.05, 0.1) is 16.4 Å². The van der Waals surface area contributed by atoms with Crippen molar-refractivity contribution in [3.8, 4) is 0 Å². The Morgan fingerprint density at radius 1 is 1.47 bits per heavy atom. The van der Waals surface area contributed by atoms with E-state index in [9.17, 15) is 0 Å². The molecular weight excluding hydrogens is 256 g/mol. The number of hydrogen-bond donors (Lipinski definition) is 0. The van der Waals surface area contributed by atoms with Crippen molar-refractivity contribution in [2.75, 3.05) is 0 Å². The predicted octanol–water partition coefficient (Wildman–Crippen LogP) is 5.01. The molecule has 0 aliphatic heterocycles. The normalized spacial score (nSPS) is 23.8. The fraction of sp³-hybridized carbons (Fsp3) is 0.562. The number of aryl methyl sites for hydroxylation is 1. The Bertz CT molecular complexity index is 600. The molecule has 0 amide bonds. The lowest BCUT2D eigenvalue weighted by Crippen LogP contribution is -2.04. The third kappa shape index (κ3) is 2.27. The van der Waals surface area contributed by atoms with Crippen molar-refractivity contribution in [3.63, 3.8) is 0 Å². The minimum atomic E-state index is -0.0319. The second-order valence-corrected chi connectivity index (χ2v) is 6.45. The van der Waals surface area contributed by atoms with Crippen LogP contribution in [0.4, 0.5) is 0 Å². The number of alkyl halides is 1. The lowest BCUT2D eigenvalue weighted by Gasteiger charge is -2.10. The molecule has 3 atom stereocenters. The second-order valence-electron chi connectivity index (χ2n) is 5.80. The van der Waals surface area contributed by atoms with Crippen LogP contribution in [0, 0.1) is 12.8 Å². The zero-order chi connectivity index (χ0) is 13.6. The van der Waals surface area contributed by atoms with Crippen LogP contribution in [0.1, 0.15) is 55.9 Å². The molecule has 1 aliphatic carbocycles. The van der Waals surface area contributed by atoms with Gasteiger partial charge in [-0.15, -0.1) is 11.6 Å². The van der Waals surface area contributed by atoms with Crippen LogP contribution in [0.25, 0.3) is 11.0 Å². The molecule has 2 aromatic rings. The standard InChI is InChI=1S/C16H21ClN2/c1-4-5-12-9-14(12)19-15-8-10(2)6-7-13(15)18-16(19)11(3)17/h6-8,11-12,14H,4-5,9H2,1-3H3. The van der Waals surface area contributed by atoms with Crippen molar-refractivity contribution in [2.45, 2.75) is 51.5 Å². The van der Waals surface area contributed by atoms with E-state index < -0.39 is 0 Å². The summed E-state index contributed by atoms with van der Waals surface area (Å²) in [5.41, 5.74) is 3.62. The highest BCUT2D eigenvalue weighted by atomic mass is 35.5. The van der Waals surface area contributed by atoms with E-state index in [4.69, 9.17) is 16.6 Å². The summed E-state index contributed by atoms with van der Waals surface area (Å²) in [4.78, 5) is 4.74. The molecule has 1 fully saturated rings. The van der Waals surface area contributed by atoms with Crippen LogP contribution in [0.15, 0.2) is 18.2 Å². The van der Waals surface area contributed by atoms with Crippen molar-refractivity contribution in [2.24, 2.45) is 5.92 Å². The summed E-state index contributed by atoms with van der Waals surface area (Å²) in [6.07, 6.45) is 3.86. The maximum absolute atomic E-state index is 6.33. The quantitative estimate of drug-likeness (QED) is 0.718. The van der Waals surface area contributed by atoms with E-state index in [0.29, 0.717) is 6.04 Å². The van der Waals surface area contributed by atoms with Gasteiger partial charge in [-0.05, 0) is 50.3 Å². The van der Waals surface area contributed by atoms with E-state index in [1.54, 1.807) is 0 Å². The monoisotopic (exact) mass is 276 g/mol. The fourth-order valence-corrected chi connectivity index (χ4v) is 3.23. The lowest BCUT2D eigenvalue weighted by atomic mass is 10.2. The van der Waals surface area contributed by atoms with Gasteiger partial charge in [-0.25, -0.2) is 4.98 Å². The number of hydrogen-bond acceptors (Lipinski definition) is 1. The Balaban J connectivity index is 2.09. The molecule has 1 saturated carbocycles. The molecule has 102 valence electrons. The Morgan fingerprint density at radius 2 is 2.26 bits per heavy atom. The first-order valence-corrected chi connectivity index (χ1v) is 7.68. The molecule has 1 aromatic heterocycles. The molecule has 3 rings (SSSR count). The maximum atomic E-state index is 6.33. The number of nitrogens with zero attached hydrogens (tertiary/aromatic N) is 2. The molecule has 0 saturated heterocycles. The van der Waals surface area contributed by atoms with Gasteiger partial charge in [0.15, 0.2) is 0 Å². The van der Waals surface area contributed by atoms with Crippen LogP contribution in [0.3, 0.4) is 0 Å². The van der Waals surface area contributed by atoms with Crippen LogP contribution >= 0.6 is 11.6 Å². The van der Waals surface area contributed by atoms with Crippen molar-refractivity contribution in [3.05, 3.63) is 29.6 Å². The molecule has 3 heteroatoms. The van der Waals surface area contributed by atoms with Crippen molar-refractivity contribution < 1.29 is 0 Å². The van der Waals surface area contributed by atoms with E-state index in [1.807, 2.05) is 6.92 Å². The van der Waals surface area contributed by atoms with Gasteiger partial charge >= 0.3 is 0 Å². The number of benzene rings is 1. The largest absolute Gasteiger partial charge is 0.323 e. The first-order valence-electron chi connectivity index (χ1n) is 7.24. The molecule has 0 N–H and O–H groups in total. The molecule has 0 spiro atoms. The summed E-state index contributed by atoms with van der Waals surface area (Å²) >= 11 is 6.33. The van der Waals surface area contributed by atoms with E-state index in [2.05, 4.69) is 36.6 Å². The third-order valence-electron chi connectivity index (χ3n) is 4.10. The minimum Gasteiger partial charge on any atom is -0.323 e. The van der Waals surface area contributed by atoms with Crippen LogP contribution in [-0.4, -0.2) is 9.55 Å². The Labute approximate surface area is 119 Å². The Morgan fingerprint density at radius 3 is 2.95 bits per heavy atom. The van der Waals surface area contributed by atoms with E-state index >= 15 is 0 Å². The van der Waals surface area contributed by atoms with Gasteiger partial charge in [0, 0.05) is 6.04 Å². The fourth-order valence-electron chi connectivity index (χ4n) is 3.08. The Hall–Kier alpha value is -1.02. The molecular formula is C16H21ClN2. The summed E-state index contributed by atoms with van der Waals surface area (Å²) < 4.78 is 2.40. The average molecular weight is 277 g/mol. The topological polar surface area (TPSA) is 17.8 Å². The molecule has 19 heavy (non-hydrogen) atoms. The summed E-state index contributed by atoms with van der Waals surface area (Å²) in [7, 11) is 0. The number of imidazole rings is 1. The third-order valence-corrected chi connectivity index (χ3v) is 4.30. The highest BCUT2D eigenvalue weighted by Crippen LogP contribution is 2.49. The highest BCUT2D eigenvalue weighted by Gasteiger charge is 2.40. The van der Waals surface area contributed by atoms with Crippen molar-refractivity contribution >= 4 is 22.6 Å². The molecule has 3 unspecified atom stereocenters. The van der Waals surface area contributed by atoms with Crippen LogP contribution < -0.4 is 0 Å². The minimum absolute atomic E-state index is 0.0319. The van der Waals surface area contributed by atoms with Gasteiger partial charge in [0.2, 0.25) is 0 Å². The first-order chi connectivity index (χ1) is 9.11. The SMILES string of the molecule is CCCC1CC1n1c(C(C)Cl)nc2ccc(C)cc21. The second kappa shape index (κ2) is 4.82. The summed E-state index contributed by atoms with van der Waals surface area (Å²) in [6.45, 7) is 6.41. The van der Waals surface area contributed by atoms with Crippen LogP contribution in [0.2, 0.25) is 0 Å². The van der Waals surface area contributed by atoms with Crippen LogP contribution in [0.5, 0.6) is 0 Å². The number of halogens is 1. The summed E-state index contributed by atoms with van der Waals surface area (Å²) in [6, 6.07) is 7.09. The summed E-state index contributed by atoms with van der Waals surface area (Å²) in [5.74, 6) is 1.85. The zero-order valence-corrected chi connectivity index (χ0v) is 12.6. The van der Waals surface area contributed by atoms with Gasteiger partial charge in [0.25, 0.3) is 0 Å². The van der Waals surface area contributed by atoms with E-state index in [1.165, 1.54) is 30.3 Å². The van der Waals surface area contributed by atoms with Crippen LogP contribution in [-0.2, 0) is 0 Å². The zero-order valence-electron chi connectivity index (χ0n) is 11.9. The summed E-state index contributed by atoms with van der Waals surface area (Å²) in [5, 5.41) is -0.0319. The highest BCUT2D eigenvalue weighted by molar-refractivity contribution is 6.20. The lowest BCUT2D eigenvalue weighted by molar-refractivity contribution is 0.597. The van der Waals surface area contributed by atoms with Gasteiger partial charge in [-0.3, -0.25) is 0 Å². The molecule has 1 aromatic carbocycles. The molecule has 1 aliphatic rings. The Kier molecular flexibility index (Phi) is 3.30. The first kappa shape index (κ1) is 13.0. The van der Waals surface area contributed by atoms with Gasteiger partial charge < -0.3 is 4.57 Å². The number of aromatic nitrogens is 2. The molecule has 0 bridgehead atoms. The molecule has 1 heterocycles. The predicted molar refractivity (Wildman–Crippen MR) is 80.8 cm³/mol. The number of fused-ring (bicyclic) bond motifs is 1. The molecule has 0 radical (unpaired) electrons. The average Bonchev–Trinajstić information content (AvgIpc) is 3.00. The van der Waals surface area contributed by atoms with Gasteiger partial charge in [-0.1, -0.05) is 19.4 Å². The van der Waals surface area contributed by atoms with Crippen molar-refractivity contribution in [1.29, 1.82) is 0 Å². The smallest absolute Gasteiger partial charge is 0.127 e. The number of rotatable bonds is 4. The maximum Gasteiger partial charge on any atom is 0.127 e.